The van der Waals surface area contributed by atoms with Crippen molar-refractivity contribution in [1.82, 2.24) is 20.4 Å². The standard InChI is InChI=1S/C21H39N5O2S/c1-5-22-21(23-9-11-25(3)10-6-14-27-4)24-17-19(20-8-7-18(2)29-20)26-12-15-28-16-13-26/h7-8,19H,5-6,9-17H2,1-4H3,(H2,22,23,24). The molecule has 2 rings (SSSR count). The first kappa shape index (κ1) is 24.1. The van der Waals surface area contributed by atoms with Gasteiger partial charge in [0.05, 0.1) is 25.8 Å². The number of nitrogens with one attached hydrogen (secondary N) is 2. The molecule has 0 aliphatic carbocycles. The van der Waals surface area contributed by atoms with Gasteiger partial charge in [-0.05, 0) is 39.4 Å². The van der Waals surface area contributed by atoms with Crippen molar-refractivity contribution in [3.8, 4) is 0 Å². The molecule has 0 bridgehead atoms. The molecule has 2 heterocycles. The second kappa shape index (κ2) is 13.9. The lowest BCUT2D eigenvalue weighted by atomic mass is 10.2. The van der Waals surface area contributed by atoms with Gasteiger partial charge in [-0.1, -0.05) is 0 Å². The molecule has 7 nitrogen and oxygen atoms in total. The Morgan fingerprint density at radius 1 is 1.31 bits per heavy atom. The van der Waals surface area contributed by atoms with Crippen molar-refractivity contribution < 1.29 is 9.47 Å². The molecule has 1 aliphatic rings. The highest BCUT2D eigenvalue weighted by Crippen LogP contribution is 2.28. The molecular weight excluding hydrogens is 386 g/mol. The van der Waals surface area contributed by atoms with Gasteiger partial charge in [-0.25, -0.2) is 0 Å². The van der Waals surface area contributed by atoms with E-state index in [-0.39, 0.29) is 0 Å². The molecule has 0 spiro atoms. The van der Waals surface area contributed by atoms with Crippen LogP contribution in [0.25, 0.3) is 0 Å². The van der Waals surface area contributed by atoms with Crippen LogP contribution in [0.2, 0.25) is 0 Å². The first-order chi connectivity index (χ1) is 14.1. The Balaban J connectivity index is 1.92. The predicted molar refractivity (Wildman–Crippen MR) is 122 cm³/mol. The van der Waals surface area contributed by atoms with E-state index >= 15 is 0 Å². The van der Waals surface area contributed by atoms with Crippen LogP contribution >= 0.6 is 11.3 Å². The molecule has 0 radical (unpaired) electrons. The van der Waals surface area contributed by atoms with Gasteiger partial charge in [0.15, 0.2) is 5.96 Å². The zero-order valence-corrected chi connectivity index (χ0v) is 19.4. The molecule has 166 valence electrons. The normalized spacial score (nSPS) is 16.9. The Kier molecular flexibility index (Phi) is 11.6. The summed E-state index contributed by atoms with van der Waals surface area (Å²) in [6.07, 6.45) is 1.06. The van der Waals surface area contributed by atoms with Gasteiger partial charge in [-0.2, -0.15) is 0 Å². The smallest absolute Gasteiger partial charge is 0.191 e. The maximum absolute atomic E-state index is 5.55. The molecule has 2 N–H and O–H groups in total. The van der Waals surface area contributed by atoms with Crippen molar-refractivity contribution in [1.29, 1.82) is 0 Å². The van der Waals surface area contributed by atoms with Gasteiger partial charge in [0.25, 0.3) is 0 Å². The van der Waals surface area contributed by atoms with Gasteiger partial charge in [-0.15, -0.1) is 11.3 Å². The van der Waals surface area contributed by atoms with Gasteiger partial charge in [-0.3, -0.25) is 9.89 Å². The van der Waals surface area contributed by atoms with E-state index in [2.05, 4.69) is 53.5 Å². The summed E-state index contributed by atoms with van der Waals surface area (Å²) in [5.41, 5.74) is 0. The number of aliphatic imine (C=N–C) groups is 1. The summed E-state index contributed by atoms with van der Waals surface area (Å²) in [5, 5.41) is 6.87. The van der Waals surface area contributed by atoms with Crippen LogP contribution in [0.4, 0.5) is 0 Å². The lowest BCUT2D eigenvalue weighted by molar-refractivity contribution is 0.0186. The largest absolute Gasteiger partial charge is 0.385 e. The van der Waals surface area contributed by atoms with Crippen LogP contribution in [0.1, 0.15) is 29.1 Å². The molecule has 1 aromatic heterocycles. The molecule has 0 amide bonds. The Hall–Kier alpha value is -1.19. The molecule has 0 aromatic carbocycles. The number of hydrogen-bond acceptors (Lipinski definition) is 6. The molecule has 0 saturated carbocycles. The van der Waals surface area contributed by atoms with Gasteiger partial charge in [0.2, 0.25) is 0 Å². The van der Waals surface area contributed by atoms with Crippen LogP contribution in [-0.4, -0.2) is 95.6 Å². The fraction of sp³-hybridized carbons (Fsp3) is 0.762. The van der Waals surface area contributed by atoms with Crippen LogP contribution in [-0.2, 0) is 9.47 Å². The van der Waals surface area contributed by atoms with E-state index in [4.69, 9.17) is 14.5 Å². The number of rotatable bonds is 12. The maximum atomic E-state index is 5.55. The second-order valence-corrected chi connectivity index (χ2v) is 8.73. The summed E-state index contributed by atoms with van der Waals surface area (Å²) in [4.78, 5) is 12.5. The SMILES string of the molecule is CCNC(=NCC(c1ccc(C)s1)N1CCOCC1)NCCN(C)CCCOC. The third-order valence-electron chi connectivity index (χ3n) is 5.02. The summed E-state index contributed by atoms with van der Waals surface area (Å²) in [5.74, 6) is 0.893. The predicted octanol–water partition coefficient (Wildman–Crippen LogP) is 1.95. The van der Waals surface area contributed by atoms with Crippen molar-refractivity contribution in [3.63, 3.8) is 0 Å². The molecule has 1 atom stereocenters. The van der Waals surface area contributed by atoms with E-state index in [0.717, 1.165) is 78.0 Å². The number of guanidine groups is 1. The zero-order chi connectivity index (χ0) is 20.9. The number of likely N-dealkylation sites (N-methyl/N-ethyl adjacent to an activating group) is 1. The minimum absolute atomic E-state index is 0.310. The first-order valence-electron chi connectivity index (χ1n) is 10.7. The Morgan fingerprint density at radius 2 is 2.10 bits per heavy atom. The minimum atomic E-state index is 0.310. The van der Waals surface area contributed by atoms with E-state index in [9.17, 15) is 0 Å². The van der Waals surface area contributed by atoms with Crippen molar-refractivity contribution in [2.75, 3.05) is 79.8 Å². The van der Waals surface area contributed by atoms with E-state index in [0.29, 0.717) is 6.04 Å². The highest BCUT2D eigenvalue weighted by atomic mass is 32.1. The third kappa shape index (κ3) is 9.00. The van der Waals surface area contributed by atoms with Crippen molar-refractivity contribution >= 4 is 17.3 Å². The highest BCUT2D eigenvalue weighted by molar-refractivity contribution is 7.12. The quantitative estimate of drug-likeness (QED) is 0.303. The minimum Gasteiger partial charge on any atom is -0.385 e. The average molecular weight is 426 g/mol. The molecule has 8 heteroatoms. The van der Waals surface area contributed by atoms with Gasteiger partial charge >= 0.3 is 0 Å². The van der Waals surface area contributed by atoms with Crippen LogP contribution < -0.4 is 10.6 Å². The topological polar surface area (TPSA) is 61.4 Å². The maximum Gasteiger partial charge on any atom is 0.191 e. The van der Waals surface area contributed by atoms with Crippen molar-refractivity contribution in [3.05, 3.63) is 21.9 Å². The van der Waals surface area contributed by atoms with Crippen LogP contribution in [0, 0.1) is 6.92 Å². The fourth-order valence-electron chi connectivity index (χ4n) is 3.38. The molecule has 29 heavy (non-hydrogen) atoms. The summed E-state index contributed by atoms with van der Waals surface area (Å²) in [6.45, 7) is 13.1. The van der Waals surface area contributed by atoms with E-state index < -0.39 is 0 Å². The highest BCUT2D eigenvalue weighted by Gasteiger charge is 2.23. The van der Waals surface area contributed by atoms with Gasteiger partial charge < -0.3 is 25.0 Å². The summed E-state index contributed by atoms with van der Waals surface area (Å²) in [7, 11) is 3.90. The number of aryl methyl sites for hydroxylation is 1. The first-order valence-corrected chi connectivity index (χ1v) is 11.5. The molecule has 1 aliphatic heterocycles. The summed E-state index contributed by atoms with van der Waals surface area (Å²) in [6, 6.07) is 4.77. The number of morpholine rings is 1. The number of hydrogen-bond donors (Lipinski definition) is 2. The van der Waals surface area contributed by atoms with Crippen molar-refractivity contribution in [2.45, 2.75) is 26.3 Å². The van der Waals surface area contributed by atoms with E-state index in [1.165, 1.54) is 9.75 Å². The number of thiophene rings is 1. The van der Waals surface area contributed by atoms with Crippen LogP contribution in [0.3, 0.4) is 0 Å². The fourth-order valence-corrected chi connectivity index (χ4v) is 4.39. The molecule has 1 unspecified atom stereocenters. The number of nitrogens with zero attached hydrogens (tertiary/aromatic N) is 3. The Morgan fingerprint density at radius 3 is 2.76 bits per heavy atom. The third-order valence-corrected chi connectivity index (χ3v) is 6.12. The lowest BCUT2D eigenvalue weighted by Crippen LogP contribution is -2.43. The number of methoxy groups -OCH3 is 1. The van der Waals surface area contributed by atoms with Crippen LogP contribution in [0.5, 0.6) is 0 Å². The monoisotopic (exact) mass is 425 g/mol. The zero-order valence-electron chi connectivity index (χ0n) is 18.6. The summed E-state index contributed by atoms with van der Waals surface area (Å²) < 4.78 is 10.7. The molecular formula is C21H39N5O2S. The number of ether oxygens (including phenoxy) is 2. The van der Waals surface area contributed by atoms with E-state index in [1.54, 1.807) is 7.11 Å². The molecule has 1 fully saturated rings. The molecule has 1 saturated heterocycles. The van der Waals surface area contributed by atoms with Crippen LogP contribution in [0.15, 0.2) is 17.1 Å². The van der Waals surface area contributed by atoms with Gasteiger partial charge in [0.1, 0.15) is 0 Å². The second-order valence-electron chi connectivity index (χ2n) is 7.41. The lowest BCUT2D eigenvalue weighted by Gasteiger charge is -2.33. The van der Waals surface area contributed by atoms with Gasteiger partial charge in [0, 0.05) is 62.7 Å². The van der Waals surface area contributed by atoms with E-state index in [1.807, 2.05) is 11.3 Å². The summed E-state index contributed by atoms with van der Waals surface area (Å²) >= 11 is 1.88. The Bertz CT molecular complexity index is 589. The molecule has 1 aromatic rings. The Labute approximate surface area is 180 Å². The average Bonchev–Trinajstić information content (AvgIpc) is 3.15. The van der Waals surface area contributed by atoms with Crippen molar-refractivity contribution in [2.24, 2.45) is 4.99 Å².